The molecule has 0 N–H and O–H groups in total. The normalized spacial score (nSPS) is 10.3. The number of hydrogen-bond donors (Lipinski definition) is 0. The van der Waals surface area contributed by atoms with E-state index in [4.69, 9.17) is 4.74 Å². The highest BCUT2D eigenvalue weighted by atomic mass is 19.1. The summed E-state index contributed by atoms with van der Waals surface area (Å²) < 4.78 is 18.4. The molecule has 0 amide bonds. The van der Waals surface area contributed by atoms with Crippen LogP contribution in [0.2, 0.25) is 0 Å². The van der Waals surface area contributed by atoms with Crippen LogP contribution >= 0.6 is 0 Å². The zero-order valence-electron chi connectivity index (χ0n) is 10.4. The van der Waals surface area contributed by atoms with Crippen molar-refractivity contribution in [3.63, 3.8) is 0 Å². The second-order valence-electron chi connectivity index (χ2n) is 4.08. The van der Waals surface area contributed by atoms with E-state index in [-0.39, 0.29) is 11.4 Å². The van der Waals surface area contributed by atoms with Crippen LogP contribution in [0.25, 0.3) is 0 Å². The van der Waals surface area contributed by atoms with Crippen molar-refractivity contribution in [3.8, 4) is 11.5 Å². The molecule has 0 fully saturated rings. The first-order chi connectivity index (χ1) is 8.97. The number of hydrogen-bond acceptors (Lipinski definition) is 4. The molecule has 1 aromatic heterocycles. The van der Waals surface area contributed by atoms with Crippen LogP contribution in [0, 0.1) is 29.9 Å². The Bertz CT molecular complexity index is 644. The van der Waals surface area contributed by atoms with Crippen LogP contribution in [0.3, 0.4) is 0 Å². The van der Waals surface area contributed by atoms with Gasteiger partial charge in [-0.1, -0.05) is 0 Å². The summed E-state index contributed by atoms with van der Waals surface area (Å²) in [5.74, 6) is -0.103. The first-order valence-electron chi connectivity index (χ1n) is 5.52. The largest absolute Gasteiger partial charge is 0.457 e. The van der Waals surface area contributed by atoms with Gasteiger partial charge in [0.1, 0.15) is 11.5 Å². The van der Waals surface area contributed by atoms with Crippen LogP contribution < -0.4 is 4.74 Å². The van der Waals surface area contributed by atoms with Gasteiger partial charge in [-0.05, 0) is 31.5 Å². The second-order valence-corrected chi connectivity index (χ2v) is 4.08. The molecule has 6 heteroatoms. The summed E-state index contributed by atoms with van der Waals surface area (Å²) in [5.41, 5.74) is 1.26. The lowest BCUT2D eigenvalue weighted by molar-refractivity contribution is -0.385. The number of nitro benzene ring substituents is 1. The third-order valence-corrected chi connectivity index (χ3v) is 2.62. The third kappa shape index (κ3) is 2.85. The average molecular weight is 262 g/mol. The molecule has 0 atom stereocenters. The van der Waals surface area contributed by atoms with Crippen molar-refractivity contribution < 1.29 is 14.1 Å². The Labute approximate surface area is 108 Å². The van der Waals surface area contributed by atoms with Crippen LogP contribution in [-0.4, -0.2) is 9.91 Å². The fraction of sp³-hybridized carbons (Fsp3) is 0.154. The Morgan fingerprint density at radius 2 is 2.00 bits per heavy atom. The number of nitro groups is 1. The van der Waals surface area contributed by atoms with Gasteiger partial charge < -0.3 is 4.74 Å². The van der Waals surface area contributed by atoms with Crippen LogP contribution in [0.1, 0.15) is 11.1 Å². The lowest BCUT2D eigenvalue weighted by Crippen LogP contribution is -1.96. The van der Waals surface area contributed by atoms with Gasteiger partial charge in [0.05, 0.1) is 11.0 Å². The smallest absolute Gasteiger partial charge is 0.276 e. The number of rotatable bonds is 3. The predicted octanol–water partition coefficient (Wildman–Crippen LogP) is 3.54. The van der Waals surface area contributed by atoms with Crippen molar-refractivity contribution in [3.05, 3.63) is 57.7 Å². The zero-order valence-corrected chi connectivity index (χ0v) is 10.4. The van der Waals surface area contributed by atoms with Crippen molar-refractivity contribution in [2.75, 3.05) is 0 Å². The minimum Gasteiger partial charge on any atom is -0.457 e. The highest BCUT2D eigenvalue weighted by Crippen LogP contribution is 2.31. The maximum Gasteiger partial charge on any atom is 0.276 e. The van der Waals surface area contributed by atoms with E-state index in [2.05, 4.69) is 4.98 Å². The standard InChI is InChI=1S/C13H11FN2O3/c1-8-5-9(2)12(7-11(8)16(17)18)19-10-3-4-15-13(14)6-10/h3-7H,1-2H3. The summed E-state index contributed by atoms with van der Waals surface area (Å²) in [6, 6.07) is 5.59. The number of aryl methyl sites for hydroxylation is 2. The maximum absolute atomic E-state index is 12.9. The molecule has 0 aliphatic heterocycles. The summed E-state index contributed by atoms with van der Waals surface area (Å²) in [6.07, 6.45) is 1.27. The average Bonchev–Trinajstić information content (AvgIpc) is 2.32. The van der Waals surface area contributed by atoms with Crippen LogP contribution in [0.5, 0.6) is 11.5 Å². The molecule has 0 aliphatic carbocycles. The van der Waals surface area contributed by atoms with Crippen molar-refractivity contribution in [2.45, 2.75) is 13.8 Å². The Kier molecular flexibility index (Phi) is 3.41. The first-order valence-corrected chi connectivity index (χ1v) is 5.52. The lowest BCUT2D eigenvalue weighted by Gasteiger charge is -2.09. The van der Waals surface area contributed by atoms with E-state index in [0.29, 0.717) is 11.3 Å². The van der Waals surface area contributed by atoms with E-state index in [1.165, 1.54) is 18.3 Å². The monoisotopic (exact) mass is 262 g/mol. The Morgan fingerprint density at radius 3 is 2.63 bits per heavy atom. The highest BCUT2D eigenvalue weighted by Gasteiger charge is 2.15. The molecule has 1 aromatic carbocycles. The number of pyridine rings is 1. The van der Waals surface area contributed by atoms with Gasteiger partial charge in [-0.15, -0.1) is 0 Å². The molecule has 2 aromatic rings. The molecule has 5 nitrogen and oxygen atoms in total. The molecule has 0 saturated carbocycles. The van der Waals surface area contributed by atoms with E-state index < -0.39 is 10.9 Å². The van der Waals surface area contributed by atoms with Gasteiger partial charge in [0.25, 0.3) is 5.69 Å². The molecule has 98 valence electrons. The highest BCUT2D eigenvalue weighted by molar-refractivity contribution is 5.50. The molecular formula is C13H11FN2O3. The number of benzene rings is 1. The molecule has 0 spiro atoms. The van der Waals surface area contributed by atoms with E-state index in [9.17, 15) is 14.5 Å². The summed E-state index contributed by atoms with van der Waals surface area (Å²) in [4.78, 5) is 13.8. The van der Waals surface area contributed by atoms with Gasteiger partial charge in [0.15, 0.2) is 0 Å². The number of aromatic nitrogens is 1. The minimum atomic E-state index is -0.670. The molecule has 0 saturated heterocycles. The Hall–Kier alpha value is -2.50. The Balaban J connectivity index is 2.40. The van der Waals surface area contributed by atoms with E-state index in [1.807, 2.05) is 0 Å². The van der Waals surface area contributed by atoms with Crippen molar-refractivity contribution in [1.82, 2.24) is 4.98 Å². The molecule has 0 unspecified atom stereocenters. The lowest BCUT2D eigenvalue weighted by atomic mass is 10.1. The maximum atomic E-state index is 12.9. The molecule has 0 bridgehead atoms. The van der Waals surface area contributed by atoms with Gasteiger partial charge in [-0.2, -0.15) is 4.39 Å². The quantitative estimate of drug-likeness (QED) is 0.482. The summed E-state index contributed by atoms with van der Waals surface area (Å²) in [6.45, 7) is 3.42. The SMILES string of the molecule is Cc1cc(C)c([N+](=O)[O-])cc1Oc1ccnc(F)c1. The van der Waals surface area contributed by atoms with Crippen molar-refractivity contribution >= 4 is 5.69 Å². The van der Waals surface area contributed by atoms with Gasteiger partial charge in [0, 0.05) is 17.8 Å². The predicted molar refractivity (Wildman–Crippen MR) is 66.8 cm³/mol. The first kappa shape index (κ1) is 12.9. The topological polar surface area (TPSA) is 65.3 Å². The van der Waals surface area contributed by atoms with Gasteiger partial charge in [-0.25, -0.2) is 4.98 Å². The molecular weight excluding hydrogens is 251 g/mol. The second kappa shape index (κ2) is 5.01. The third-order valence-electron chi connectivity index (χ3n) is 2.62. The summed E-state index contributed by atoms with van der Waals surface area (Å²) in [7, 11) is 0. The van der Waals surface area contributed by atoms with E-state index in [0.717, 1.165) is 11.6 Å². The van der Waals surface area contributed by atoms with Crippen molar-refractivity contribution in [2.24, 2.45) is 0 Å². The van der Waals surface area contributed by atoms with Crippen LogP contribution in [0.4, 0.5) is 10.1 Å². The van der Waals surface area contributed by atoms with E-state index >= 15 is 0 Å². The van der Waals surface area contributed by atoms with Gasteiger partial charge in [-0.3, -0.25) is 10.1 Å². The fourth-order valence-electron chi connectivity index (χ4n) is 1.70. The van der Waals surface area contributed by atoms with Crippen molar-refractivity contribution in [1.29, 1.82) is 0 Å². The fourth-order valence-corrected chi connectivity index (χ4v) is 1.70. The Morgan fingerprint density at radius 1 is 1.26 bits per heavy atom. The number of nitrogens with zero attached hydrogens (tertiary/aromatic N) is 2. The number of halogens is 1. The van der Waals surface area contributed by atoms with Gasteiger partial charge >= 0.3 is 0 Å². The molecule has 19 heavy (non-hydrogen) atoms. The molecule has 2 rings (SSSR count). The van der Waals surface area contributed by atoms with E-state index in [1.54, 1.807) is 19.9 Å². The summed E-state index contributed by atoms with van der Waals surface area (Å²) in [5, 5.41) is 10.9. The molecule has 0 radical (unpaired) electrons. The minimum absolute atomic E-state index is 0.0323. The molecule has 1 heterocycles. The number of ether oxygens (including phenoxy) is 1. The molecule has 0 aliphatic rings. The zero-order chi connectivity index (χ0) is 14.0. The van der Waals surface area contributed by atoms with Crippen LogP contribution in [0.15, 0.2) is 30.5 Å². The summed E-state index contributed by atoms with van der Waals surface area (Å²) >= 11 is 0. The van der Waals surface area contributed by atoms with Gasteiger partial charge in [0.2, 0.25) is 5.95 Å². The van der Waals surface area contributed by atoms with Crippen LogP contribution in [-0.2, 0) is 0 Å².